The Kier molecular flexibility index (Phi) is 3.16. The van der Waals surface area contributed by atoms with Crippen molar-refractivity contribution in [3.63, 3.8) is 0 Å². The van der Waals surface area contributed by atoms with Crippen LogP contribution >= 0.6 is 34.4 Å². The molecule has 1 aromatic rings. The van der Waals surface area contributed by atoms with Crippen LogP contribution in [0.2, 0.25) is 0 Å². The summed E-state index contributed by atoms with van der Waals surface area (Å²) in [5.41, 5.74) is 1.48. The fourth-order valence-corrected chi connectivity index (χ4v) is 3.15. The molecule has 3 heteroatoms. The maximum absolute atomic E-state index is 2.38. The van der Waals surface area contributed by atoms with Gasteiger partial charge in [-0.2, -0.15) is 0 Å². The average molecular weight is 305 g/mol. The quantitative estimate of drug-likeness (QED) is 0.678. The molecule has 0 fully saturated rings. The number of hydrogen-bond donors (Lipinski definition) is 0. The molecule has 0 radical (unpaired) electrons. The van der Waals surface area contributed by atoms with Gasteiger partial charge in [-0.1, -0.05) is 0 Å². The number of rotatable bonds is 0. The van der Waals surface area contributed by atoms with E-state index in [1.54, 1.807) is 0 Å². The Balaban J connectivity index is 2.35. The second-order valence-corrected chi connectivity index (χ2v) is 5.72. The van der Waals surface area contributed by atoms with E-state index in [1.165, 1.54) is 26.3 Å². The molecule has 0 spiro atoms. The van der Waals surface area contributed by atoms with Crippen LogP contribution in [0.5, 0.6) is 0 Å². The molecule has 0 aliphatic carbocycles. The molecule has 0 saturated carbocycles. The predicted molar refractivity (Wildman–Crippen MR) is 66.2 cm³/mol. The lowest BCUT2D eigenvalue weighted by Crippen LogP contribution is -2.18. The van der Waals surface area contributed by atoms with Crippen molar-refractivity contribution in [2.24, 2.45) is 0 Å². The van der Waals surface area contributed by atoms with Gasteiger partial charge in [0.1, 0.15) is 0 Å². The molecule has 0 aromatic heterocycles. The van der Waals surface area contributed by atoms with Gasteiger partial charge in [-0.3, -0.25) is 0 Å². The summed E-state index contributed by atoms with van der Waals surface area (Å²) < 4.78 is 1.34. The Hall–Kier alpha value is 0.260. The largest absolute Gasteiger partial charge is 0.301 e. The van der Waals surface area contributed by atoms with E-state index < -0.39 is 0 Å². The van der Waals surface area contributed by atoms with Crippen molar-refractivity contribution < 1.29 is 0 Å². The van der Waals surface area contributed by atoms with Crippen LogP contribution in [0.25, 0.3) is 0 Å². The third-order valence-corrected chi connectivity index (χ3v) is 3.96. The molecule has 0 amide bonds. The van der Waals surface area contributed by atoms with E-state index in [4.69, 9.17) is 0 Å². The minimum Gasteiger partial charge on any atom is -0.301 e. The Labute approximate surface area is 97.0 Å². The summed E-state index contributed by atoms with van der Waals surface area (Å²) >= 11 is 4.35. The van der Waals surface area contributed by atoms with Crippen LogP contribution in [0.1, 0.15) is 5.56 Å². The highest BCUT2D eigenvalue weighted by molar-refractivity contribution is 14.1. The number of halogens is 1. The van der Waals surface area contributed by atoms with Crippen LogP contribution in [0.4, 0.5) is 0 Å². The zero-order chi connectivity index (χ0) is 9.26. The van der Waals surface area contributed by atoms with Gasteiger partial charge >= 0.3 is 0 Å². The van der Waals surface area contributed by atoms with E-state index in [1.807, 2.05) is 11.8 Å². The Bertz CT molecular complexity index is 314. The molecule has 0 bridgehead atoms. The Morgan fingerprint density at radius 1 is 1.46 bits per heavy atom. The summed E-state index contributed by atoms with van der Waals surface area (Å²) in [4.78, 5) is 3.85. The van der Waals surface area contributed by atoms with Gasteiger partial charge in [0.05, 0.1) is 0 Å². The molecule has 0 N–H and O–H groups in total. The van der Waals surface area contributed by atoms with Crippen LogP contribution < -0.4 is 0 Å². The van der Waals surface area contributed by atoms with E-state index in [0.29, 0.717) is 0 Å². The zero-order valence-electron chi connectivity index (χ0n) is 7.59. The summed E-state index contributed by atoms with van der Waals surface area (Å²) in [5, 5.41) is 0. The highest BCUT2D eigenvalue weighted by Gasteiger charge is 2.11. The highest BCUT2D eigenvalue weighted by Crippen LogP contribution is 2.27. The first kappa shape index (κ1) is 9.80. The van der Waals surface area contributed by atoms with Gasteiger partial charge < -0.3 is 4.90 Å². The van der Waals surface area contributed by atoms with Gasteiger partial charge in [0.15, 0.2) is 0 Å². The van der Waals surface area contributed by atoms with Gasteiger partial charge in [0.25, 0.3) is 0 Å². The zero-order valence-corrected chi connectivity index (χ0v) is 10.6. The molecule has 1 aliphatic heterocycles. The number of thioether (sulfide) groups is 1. The Morgan fingerprint density at radius 3 is 3.15 bits per heavy atom. The third kappa shape index (κ3) is 2.39. The monoisotopic (exact) mass is 305 g/mol. The fourth-order valence-electron chi connectivity index (χ4n) is 1.49. The minimum atomic E-state index is 1.10. The first-order valence-electron chi connectivity index (χ1n) is 4.35. The lowest BCUT2D eigenvalue weighted by Gasteiger charge is -2.12. The molecular formula is C10H12INS. The second kappa shape index (κ2) is 4.19. The van der Waals surface area contributed by atoms with Crippen LogP contribution in [0.15, 0.2) is 23.1 Å². The first-order chi connectivity index (χ1) is 6.25. The summed E-state index contributed by atoms with van der Waals surface area (Å²) in [7, 11) is 2.19. The van der Waals surface area contributed by atoms with Gasteiger partial charge in [0, 0.05) is 27.3 Å². The van der Waals surface area contributed by atoms with Gasteiger partial charge in [-0.15, -0.1) is 11.8 Å². The molecular weight excluding hydrogens is 293 g/mol. The van der Waals surface area contributed by atoms with Crippen molar-refractivity contribution in [3.8, 4) is 0 Å². The molecule has 70 valence electrons. The van der Waals surface area contributed by atoms with Crippen LogP contribution in [-0.4, -0.2) is 24.2 Å². The van der Waals surface area contributed by atoms with E-state index in [2.05, 4.69) is 52.7 Å². The molecule has 1 nitrogen and oxygen atoms in total. The van der Waals surface area contributed by atoms with Crippen LogP contribution in [0, 0.1) is 3.57 Å². The average Bonchev–Trinajstić information content (AvgIpc) is 2.25. The van der Waals surface area contributed by atoms with E-state index in [9.17, 15) is 0 Å². The molecule has 13 heavy (non-hydrogen) atoms. The lowest BCUT2D eigenvalue weighted by atomic mass is 10.2. The van der Waals surface area contributed by atoms with Crippen molar-refractivity contribution in [3.05, 3.63) is 27.3 Å². The number of nitrogens with zero attached hydrogens (tertiary/aromatic N) is 1. The van der Waals surface area contributed by atoms with Crippen molar-refractivity contribution in [1.82, 2.24) is 4.90 Å². The second-order valence-electron chi connectivity index (χ2n) is 3.34. The van der Waals surface area contributed by atoms with Gasteiger partial charge in [0.2, 0.25) is 0 Å². The standard InChI is InChI=1S/C10H12INS/c1-12-4-5-13-10-3-2-9(11)6-8(10)7-12/h2-3,6H,4-5,7H2,1H3. The number of hydrogen-bond acceptors (Lipinski definition) is 2. The lowest BCUT2D eigenvalue weighted by molar-refractivity contribution is 0.349. The molecule has 1 heterocycles. The van der Waals surface area contributed by atoms with E-state index in [0.717, 1.165) is 6.54 Å². The van der Waals surface area contributed by atoms with Crippen molar-refractivity contribution in [2.75, 3.05) is 19.3 Å². The molecule has 0 saturated heterocycles. The van der Waals surface area contributed by atoms with Crippen molar-refractivity contribution in [1.29, 1.82) is 0 Å². The minimum absolute atomic E-state index is 1.10. The first-order valence-corrected chi connectivity index (χ1v) is 6.42. The number of benzene rings is 1. The van der Waals surface area contributed by atoms with Gasteiger partial charge in [-0.05, 0) is 53.4 Å². The summed E-state index contributed by atoms with van der Waals surface area (Å²) in [5.74, 6) is 1.21. The highest BCUT2D eigenvalue weighted by atomic mass is 127. The van der Waals surface area contributed by atoms with Crippen LogP contribution in [0.3, 0.4) is 0 Å². The molecule has 1 aliphatic rings. The predicted octanol–water partition coefficient (Wildman–Crippen LogP) is 2.83. The molecule has 0 unspecified atom stereocenters. The smallest absolute Gasteiger partial charge is 0.0242 e. The normalized spacial score (nSPS) is 18.0. The number of fused-ring (bicyclic) bond motifs is 1. The summed E-state index contributed by atoms with van der Waals surface area (Å²) in [6, 6.07) is 6.74. The maximum Gasteiger partial charge on any atom is 0.0242 e. The van der Waals surface area contributed by atoms with E-state index >= 15 is 0 Å². The van der Waals surface area contributed by atoms with Crippen molar-refractivity contribution >= 4 is 34.4 Å². The summed E-state index contributed by atoms with van der Waals surface area (Å²) in [6.07, 6.45) is 0. The summed E-state index contributed by atoms with van der Waals surface area (Å²) in [6.45, 7) is 2.29. The fraction of sp³-hybridized carbons (Fsp3) is 0.400. The van der Waals surface area contributed by atoms with E-state index in [-0.39, 0.29) is 0 Å². The maximum atomic E-state index is 2.38. The van der Waals surface area contributed by atoms with Gasteiger partial charge in [-0.25, -0.2) is 0 Å². The topological polar surface area (TPSA) is 3.24 Å². The van der Waals surface area contributed by atoms with Crippen LogP contribution in [-0.2, 0) is 6.54 Å². The molecule has 1 aromatic carbocycles. The molecule has 0 atom stereocenters. The van der Waals surface area contributed by atoms with Crippen molar-refractivity contribution in [2.45, 2.75) is 11.4 Å². The Morgan fingerprint density at radius 2 is 2.31 bits per heavy atom. The SMILES string of the molecule is CN1CCSc2ccc(I)cc2C1. The molecule has 2 rings (SSSR count). The third-order valence-electron chi connectivity index (χ3n) is 2.19.